The van der Waals surface area contributed by atoms with Gasteiger partial charge in [0.05, 0.1) is 17.2 Å². The normalized spacial score (nSPS) is 14.4. The summed E-state index contributed by atoms with van der Waals surface area (Å²) in [4.78, 5) is 26.8. The minimum atomic E-state index is -0.236. The third kappa shape index (κ3) is 6.38. The second kappa shape index (κ2) is 10.7. The van der Waals surface area contributed by atoms with E-state index in [0.717, 1.165) is 18.6 Å². The number of rotatable bonds is 7. The van der Waals surface area contributed by atoms with Crippen LogP contribution in [0.2, 0.25) is 10.0 Å². The smallest absolute Gasteiger partial charge is 0.253 e. The molecule has 1 aliphatic heterocycles. The van der Waals surface area contributed by atoms with Gasteiger partial charge in [0.15, 0.2) is 0 Å². The lowest BCUT2D eigenvalue weighted by atomic mass is 10.0. The molecule has 0 radical (unpaired) electrons. The molecular formula is C23H26Cl2N2O3. The first kappa shape index (κ1) is 22.4. The molecule has 1 heterocycles. The predicted molar refractivity (Wildman–Crippen MR) is 119 cm³/mol. The molecule has 0 spiro atoms. The molecule has 1 fully saturated rings. The Balaban J connectivity index is 1.37. The first-order valence-electron chi connectivity index (χ1n) is 10.2. The highest BCUT2D eigenvalue weighted by molar-refractivity contribution is 6.35. The maximum absolute atomic E-state index is 12.5. The molecule has 160 valence electrons. The van der Waals surface area contributed by atoms with Crippen molar-refractivity contribution in [2.75, 3.05) is 19.7 Å². The van der Waals surface area contributed by atoms with E-state index in [1.165, 1.54) is 5.56 Å². The lowest BCUT2D eigenvalue weighted by Crippen LogP contribution is -2.46. The van der Waals surface area contributed by atoms with Gasteiger partial charge in [-0.2, -0.15) is 0 Å². The SMILES string of the molecule is Cc1ccc(OCCCC(=O)N2CCC(NC(=O)c3cc(Cl)ccc3Cl)CC2)cc1. The number of ether oxygens (including phenoxy) is 1. The number of aryl methyl sites for hydroxylation is 1. The summed E-state index contributed by atoms with van der Waals surface area (Å²) in [5.41, 5.74) is 1.56. The largest absolute Gasteiger partial charge is 0.494 e. The van der Waals surface area contributed by atoms with E-state index in [2.05, 4.69) is 5.32 Å². The van der Waals surface area contributed by atoms with Crippen LogP contribution in [0.4, 0.5) is 0 Å². The predicted octanol–water partition coefficient (Wildman–Crippen LogP) is 4.88. The fourth-order valence-electron chi connectivity index (χ4n) is 3.41. The second-order valence-corrected chi connectivity index (χ2v) is 8.36. The van der Waals surface area contributed by atoms with E-state index in [1.807, 2.05) is 36.1 Å². The fourth-order valence-corrected chi connectivity index (χ4v) is 3.79. The number of nitrogens with one attached hydrogen (secondary N) is 1. The van der Waals surface area contributed by atoms with E-state index in [4.69, 9.17) is 27.9 Å². The number of piperidine rings is 1. The lowest BCUT2D eigenvalue weighted by Gasteiger charge is -2.32. The van der Waals surface area contributed by atoms with Crippen LogP contribution in [-0.2, 0) is 4.79 Å². The van der Waals surface area contributed by atoms with Crippen molar-refractivity contribution in [2.45, 2.75) is 38.6 Å². The molecule has 0 saturated carbocycles. The number of hydrogen-bond donors (Lipinski definition) is 1. The zero-order valence-electron chi connectivity index (χ0n) is 17.0. The monoisotopic (exact) mass is 448 g/mol. The van der Waals surface area contributed by atoms with Gasteiger partial charge in [0.1, 0.15) is 5.75 Å². The van der Waals surface area contributed by atoms with E-state index in [-0.39, 0.29) is 17.9 Å². The van der Waals surface area contributed by atoms with Crippen LogP contribution in [0, 0.1) is 6.92 Å². The highest BCUT2D eigenvalue weighted by atomic mass is 35.5. The number of amides is 2. The van der Waals surface area contributed by atoms with Crippen molar-refractivity contribution in [3.05, 3.63) is 63.6 Å². The van der Waals surface area contributed by atoms with Crippen LogP contribution < -0.4 is 10.1 Å². The van der Waals surface area contributed by atoms with Crippen LogP contribution in [0.15, 0.2) is 42.5 Å². The van der Waals surface area contributed by atoms with Crippen molar-refractivity contribution in [1.82, 2.24) is 10.2 Å². The van der Waals surface area contributed by atoms with Crippen LogP contribution in [0.25, 0.3) is 0 Å². The summed E-state index contributed by atoms with van der Waals surface area (Å²) < 4.78 is 5.68. The number of nitrogens with zero attached hydrogens (tertiary/aromatic N) is 1. The Kier molecular flexibility index (Phi) is 8.00. The van der Waals surface area contributed by atoms with E-state index in [1.54, 1.807) is 18.2 Å². The van der Waals surface area contributed by atoms with Crippen LogP contribution in [0.5, 0.6) is 5.75 Å². The van der Waals surface area contributed by atoms with Gasteiger partial charge in [-0.3, -0.25) is 9.59 Å². The summed E-state index contributed by atoms with van der Waals surface area (Å²) in [5.74, 6) is 0.718. The van der Waals surface area contributed by atoms with Gasteiger partial charge >= 0.3 is 0 Å². The molecule has 2 aromatic rings. The second-order valence-electron chi connectivity index (χ2n) is 7.52. The van der Waals surface area contributed by atoms with E-state index in [9.17, 15) is 9.59 Å². The molecule has 0 aliphatic carbocycles. The third-order valence-corrected chi connectivity index (χ3v) is 5.75. The van der Waals surface area contributed by atoms with E-state index < -0.39 is 0 Å². The molecule has 5 nitrogen and oxygen atoms in total. The number of carbonyl (C=O) groups is 2. The van der Waals surface area contributed by atoms with Crippen LogP contribution in [-0.4, -0.2) is 42.5 Å². The molecule has 2 aromatic carbocycles. The minimum Gasteiger partial charge on any atom is -0.494 e. The van der Waals surface area contributed by atoms with Gasteiger partial charge in [-0.15, -0.1) is 0 Å². The minimum absolute atomic E-state index is 0.0152. The average Bonchev–Trinajstić information content (AvgIpc) is 2.74. The molecule has 7 heteroatoms. The van der Waals surface area contributed by atoms with Gasteiger partial charge in [-0.1, -0.05) is 40.9 Å². The standard InChI is InChI=1S/C23H26Cl2N2O3/c1-16-4-7-19(8-5-16)30-14-2-3-22(28)27-12-10-18(11-13-27)26-23(29)20-15-17(24)6-9-21(20)25/h4-9,15,18H,2-3,10-14H2,1H3,(H,26,29). The fraction of sp³-hybridized carbons (Fsp3) is 0.391. The first-order chi connectivity index (χ1) is 14.4. The molecular weight excluding hydrogens is 423 g/mol. The Hall–Kier alpha value is -2.24. The lowest BCUT2D eigenvalue weighted by molar-refractivity contribution is -0.132. The maximum Gasteiger partial charge on any atom is 0.253 e. The van der Waals surface area contributed by atoms with Gasteiger partial charge in [0, 0.05) is 30.6 Å². The Bertz CT molecular complexity index is 879. The summed E-state index contributed by atoms with van der Waals surface area (Å²) in [7, 11) is 0. The Labute approximate surface area is 187 Å². The van der Waals surface area contributed by atoms with Gasteiger partial charge in [0.25, 0.3) is 5.91 Å². The number of hydrogen-bond acceptors (Lipinski definition) is 3. The van der Waals surface area contributed by atoms with Crippen LogP contribution >= 0.6 is 23.2 Å². The number of benzene rings is 2. The molecule has 0 unspecified atom stereocenters. The van der Waals surface area contributed by atoms with Gasteiger partial charge in [-0.25, -0.2) is 0 Å². The molecule has 0 bridgehead atoms. The van der Waals surface area contributed by atoms with Gasteiger partial charge in [0.2, 0.25) is 5.91 Å². The summed E-state index contributed by atoms with van der Waals surface area (Å²) in [6, 6.07) is 12.7. The first-order valence-corrected chi connectivity index (χ1v) is 10.9. The molecule has 1 N–H and O–H groups in total. The van der Waals surface area contributed by atoms with Crippen molar-refractivity contribution in [2.24, 2.45) is 0 Å². The van der Waals surface area contributed by atoms with Gasteiger partial charge < -0.3 is 15.0 Å². The number of carbonyl (C=O) groups excluding carboxylic acids is 2. The molecule has 1 saturated heterocycles. The van der Waals surface area contributed by atoms with Crippen LogP contribution in [0.3, 0.4) is 0 Å². The quantitative estimate of drug-likeness (QED) is 0.613. The van der Waals surface area contributed by atoms with Crippen LogP contribution in [0.1, 0.15) is 41.6 Å². The van der Waals surface area contributed by atoms with E-state index >= 15 is 0 Å². The zero-order valence-corrected chi connectivity index (χ0v) is 18.5. The maximum atomic E-state index is 12.5. The van der Waals surface area contributed by atoms with Gasteiger partial charge in [-0.05, 0) is 56.5 Å². The summed E-state index contributed by atoms with van der Waals surface area (Å²) in [5, 5.41) is 3.84. The molecule has 30 heavy (non-hydrogen) atoms. The summed E-state index contributed by atoms with van der Waals surface area (Å²) in [6.07, 6.45) is 2.57. The van der Waals surface area contributed by atoms with Crippen molar-refractivity contribution in [3.8, 4) is 5.75 Å². The zero-order chi connectivity index (χ0) is 21.5. The number of likely N-dealkylation sites (tertiary alicyclic amines) is 1. The number of halogens is 2. The topological polar surface area (TPSA) is 58.6 Å². The molecule has 0 aromatic heterocycles. The Morgan fingerprint density at radius 3 is 2.50 bits per heavy atom. The summed E-state index contributed by atoms with van der Waals surface area (Å²) in [6.45, 7) is 3.81. The van der Waals surface area contributed by atoms with Crippen molar-refractivity contribution < 1.29 is 14.3 Å². The Morgan fingerprint density at radius 2 is 1.80 bits per heavy atom. The molecule has 2 amide bonds. The third-order valence-electron chi connectivity index (χ3n) is 5.18. The van der Waals surface area contributed by atoms with Crippen molar-refractivity contribution >= 4 is 35.0 Å². The highest BCUT2D eigenvalue weighted by Gasteiger charge is 2.24. The Morgan fingerprint density at radius 1 is 1.10 bits per heavy atom. The average molecular weight is 449 g/mol. The molecule has 1 aliphatic rings. The van der Waals surface area contributed by atoms with Crippen molar-refractivity contribution in [3.63, 3.8) is 0 Å². The molecule has 3 rings (SSSR count). The highest BCUT2D eigenvalue weighted by Crippen LogP contribution is 2.21. The molecule has 0 atom stereocenters. The summed E-state index contributed by atoms with van der Waals surface area (Å²) >= 11 is 12.1. The van der Waals surface area contributed by atoms with E-state index in [0.29, 0.717) is 48.1 Å². The van der Waals surface area contributed by atoms with Crippen molar-refractivity contribution in [1.29, 1.82) is 0 Å².